The van der Waals surface area contributed by atoms with Crippen LogP contribution in [0.25, 0.3) is 0 Å². The molecule has 2 rings (SSSR count). The molecule has 0 unspecified atom stereocenters. The third-order valence-corrected chi connectivity index (χ3v) is 2.59. The zero-order valence-corrected chi connectivity index (χ0v) is 9.32. The van der Waals surface area contributed by atoms with E-state index in [-0.39, 0.29) is 17.9 Å². The minimum Gasteiger partial charge on any atom is -0.374 e. The quantitative estimate of drug-likeness (QED) is 0.838. The van der Waals surface area contributed by atoms with Crippen LogP contribution in [-0.4, -0.2) is 30.1 Å². The Morgan fingerprint density at radius 1 is 1.53 bits per heavy atom. The molecule has 1 aliphatic rings. The van der Waals surface area contributed by atoms with Gasteiger partial charge in [-0.05, 0) is 24.4 Å². The molecule has 1 fully saturated rings. The van der Waals surface area contributed by atoms with Gasteiger partial charge in [0.15, 0.2) is 0 Å². The Kier molecular flexibility index (Phi) is 3.27. The Balaban J connectivity index is 1.80. The first-order valence-electron chi connectivity index (χ1n) is 5.37. The molecular weight excluding hydrogens is 221 g/mol. The largest absolute Gasteiger partial charge is 0.374 e. The first-order valence-corrected chi connectivity index (χ1v) is 5.37. The van der Waals surface area contributed by atoms with Crippen LogP contribution in [0.3, 0.4) is 0 Å². The van der Waals surface area contributed by atoms with E-state index >= 15 is 0 Å². The van der Waals surface area contributed by atoms with Gasteiger partial charge < -0.3 is 15.5 Å². The minimum absolute atomic E-state index is 0.126. The number of carbonyl (C=O) groups excluding carboxylic acids is 1. The molecule has 4 nitrogen and oxygen atoms in total. The fourth-order valence-corrected chi connectivity index (χ4v) is 1.67. The van der Waals surface area contributed by atoms with E-state index < -0.39 is 0 Å². The van der Waals surface area contributed by atoms with Gasteiger partial charge in [0.2, 0.25) is 0 Å². The Labute approximate surface area is 99.1 Å². The number of hydrogen-bond donors (Lipinski definition) is 2. The van der Waals surface area contributed by atoms with Gasteiger partial charge in [0.05, 0.1) is 6.04 Å². The maximum absolute atomic E-state index is 12.9. The third-order valence-electron chi connectivity index (χ3n) is 2.59. The third kappa shape index (κ3) is 2.96. The summed E-state index contributed by atoms with van der Waals surface area (Å²) in [5.74, 6) is -0.371. The van der Waals surface area contributed by atoms with Crippen molar-refractivity contribution in [1.29, 1.82) is 0 Å². The summed E-state index contributed by atoms with van der Waals surface area (Å²) in [5.41, 5.74) is 0.447. The number of benzene rings is 1. The number of hydrogen-bond acceptors (Lipinski definition) is 2. The van der Waals surface area contributed by atoms with E-state index in [0.717, 1.165) is 13.1 Å². The van der Waals surface area contributed by atoms with E-state index in [9.17, 15) is 9.18 Å². The topological polar surface area (TPSA) is 44.4 Å². The van der Waals surface area contributed by atoms with Crippen LogP contribution in [-0.2, 0) is 0 Å². The van der Waals surface area contributed by atoms with Crippen LogP contribution in [0, 0.1) is 5.82 Å². The smallest absolute Gasteiger partial charge is 0.319 e. The average molecular weight is 235 g/mol. The van der Waals surface area contributed by atoms with Crippen LogP contribution in [0.4, 0.5) is 14.9 Å². The lowest BCUT2D eigenvalue weighted by Gasteiger charge is -2.38. The van der Waals surface area contributed by atoms with Crippen molar-refractivity contribution < 1.29 is 9.18 Å². The van der Waals surface area contributed by atoms with Crippen molar-refractivity contribution >= 4 is 11.7 Å². The highest BCUT2D eigenvalue weighted by Crippen LogP contribution is 2.10. The van der Waals surface area contributed by atoms with Crippen LogP contribution in [0.1, 0.15) is 0 Å². The summed E-state index contributed by atoms with van der Waals surface area (Å²) in [6, 6.07) is 5.60. The van der Waals surface area contributed by atoms with Crippen molar-refractivity contribution in [3.05, 3.63) is 42.9 Å². The molecular formula is C12H14FN3O. The van der Waals surface area contributed by atoms with Crippen molar-refractivity contribution in [3.8, 4) is 0 Å². The van der Waals surface area contributed by atoms with E-state index in [1.54, 1.807) is 18.3 Å². The molecule has 0 bridgehead atoms. The number of nitrogens with zero attached hydrogens (tertiary/aromatic N) is 1. The molecule has 0 radical (unpaired) electrons. The van der Waals surface area contributed by atoms with E-state index in [2.05, 4.69) is 17.2 Å². The minimum atomic E-state index is -0.371. The van der Waals surface area contributed by atoms with Gasteiger partial charge in [-0.1, -0.05) is 12.6 Å². The summed E-state index contributed by atoms with van der Waals surface area (Å²) in [6.45, 7) is 5.16. The van der Waals surface area contributed by atoms with Crippen molar-refractivity contribution in [1.82, 2.24) is 10.2 Å². The normalized spacial score (nSPS) is 15.0. The second kappa shape index (κ2) is 4.86. The maximum Gasteiger partial charge on any atom is 0.319 e. The first kappa shape index (κ1) is 11.4. The molecule has 0 saturated carbocycles. The molecule has 1 aromatic rings. The van der Waals surface area contributed by atoms with Crippen LogP contribution in [0.15, 0.2) is 37.0 Å². The van der Waals surface area contributed by atoms with Crippen molar-refractivity contribution in [3.63, 3.8) is 0 Å². The van der Waals surface area contributed by atoms with Gasteiger partial charge >= 0.3 is 6.03 Å². The zero-order chi connectivity index (χ0) is 12.3. The van der Waals surface area contributed by atoms with Crippen LogP contribution in [0.2, 0.25) is 0 Å². The highest BCUT2D eigenvalue weighted by Gasteiger charge is 2.24. The second-order valence-corrected chi connectivity index (χ2v) is 3.94. The summed E-state index contributed by atoms with van der Waals surface area (Å²) in [7, 11) is 0. The summed E-state index contributed by atoms with van der Waals surface area (Å²) >= 11 is 0. The number of urea groups is 1. The molecule has 1 heterocycles. The second-order valence-electron chi connectivity index (χ2n) is 3.94. The zero-order valence-electron chi connectivity index (χ0n) is 9.32. The van der Waals surface area contributed by atoms with Crippen molar-refractivity contribution in [2.24, 2.45) is 0 Å². The molecule has 1 aromatic carbocycles. The van der Waals surface area contributed by atoms with E-state index in [4.69, 9.17) is 0 Å². The number of nitrogens with one attached hydrogen (secondary N) is 2. The van der Waals surface area contributed by atoms with Crippen molar-refractivity contribution in [2.75, 3.05) is 18.4 Å². The Morgan fingerprint density at radius 3 is 2.94 bits per heavy atom. The van der Waals surface area contributed by atoms with Crippen molar-refractivity contribution in [2.45, 2.75) is 6.04 Å². The molecule has 2 amide bonds. The Bertz CT molecular complexity index is 430. The lowest BCUT2D eigenvalue weighted by atomic mass is 10.1. The summed E-state index contributed by atoms with van der Waals surface area (Å²) in [5, 5.41) is 5.37. The molecule has 0 aliphatic carbocycles. The molecule has 0 atom stereocenters. The van der Waals surface area contributed by atoms with Gasteiger partial charge in [0.1, 0.15) is 5.82 Å². The Morgan fingerprint density at radius 2 is 2.29 bits per heavy atom. The van der Waals surface area contributed by atoms with Gasteiger partial charge in [-0.15, -0.1) is 0 Å². The summed E-state index contributed by atoms with van der Waals surface area (Å²) in [6.07, 6.45) is 1.74. The first-order chi connectivity index (χ1) is 8.17. The number of halogens is 1. The molecule has 1 aliphatic heterocycles. The molecule has 17 heavy (non-hydrogen) atoms. The fourth-order valence-electron chi connectivity index (χ4n) is 1.67. The van der Waals surface area contributed by atoms with E-state index in [0.29, 0.717) is 5.69 Å². The van der Waals surface area contributed by atoms with Crippen LogP contribution < -0.4 is 10.6 Å². The van der Waals surface area contributed by atoms with Gasteiger partial charge in [-0.25, -0.2) is 9.18 Å². The van der Waals surface area contributed by atoms with Gasteiger partial charge in [0, 0.05) is 18.8 Å². The lowest BCUT2D eigenvalue weighted by molar-refractivity contribution is 0.188. The monoisotopic (exact) mass is 235 g/mol. The summed E-state index contributed by atoms with van der Waals surface area (Å²) < 4.78 is 12.9. The predicted molar refractivity (Wildman–Crippen MR) is 64.1 cm³/mol. The number of anilines is 1. The lowest BCUT2D eigenvalue weighted by Crippen LogP contribution is -2.57. The molecule has 0 spiro atoms. The molecule has 0 aromatic heterocycles. The Hall–Kier alpha value is -2.04. The molecule has 90 valence electrons. The average Bonchev–Trinajstić information content (AvgIpc) is 2.22. The van der Waals surface area contributed by atoms with Gasteiger partial charge in [0.25, 0.3) is 0 Å². The molecule has 2 N–H and O–H groups in total. The summed E-state index contributed by atoms with van der Waals surface area (Å²) in [4.78, 5) is 13.5. The SMILES string of the molecule is C=CN1CC(NC(=O)Nc2cccc(F)c2)C1. The molecule has 5 heteroatoms. The number of carbonyl (C=O) groups is 1. The highest BCUT2D eigenvalue weighted by atomic mass is 19.1. The van der Waals surface area contributed by atoms with E-state index in [1.807, 2.05) is 4.90 Å². The van der Waals surface area contributed by atoms with Crippen LogP contribution in [0.5, 0.6) is 0 Å². The maximum atomic E-state index is 12.9. The number of amides is 2. The standard InChI is InChI=1S/C12H14FN3O/c1-2-16-7-11(8-16)15-12(17)14-10-5-3-4-9(13)6-10/h2-6,11H,1,7-8H2,(H2,14,15,17). The highest BCUT2D eigenvalue weighted by molar-refractivity contribution is 5.89. The number of rotatable bonds is 3. The number of likely N-dealkylation sites (tertiary alicyclic amines) is 1. The van der Waals surface area contributed by atoms with Gasteiger partial charge in [-0.2, -0.15) is 0 Å². The predicted octanol–water partition coefficient (Wildman–Crippen LogP) is 1.77. The van der Waals surface area contributed by atoms with Gasteiger partial charge in [-0.3, -0.25) is 0 Å². The van der Waals surface area contributed by atoms with Crippen LogP contribution >= 0.6 is 0 Å². The fraction of sp³-hybridized carbons (Fsp3) is 0.250. The molecule has 1 saturated heterocycles. The van der Waals surface area contributed by atoms with E-state index in [1.165, 1.54) is 12.1 Å².